The number of hydrogen-bond donors (Lipinski definition) is 1. The third-order valence-electron chi connectivity index (χ3n) is 6.89. The van der Waals surface area contributed by atoms with Crippen molar-refractivity contribution in [3.63, 3.8) is 0 Å². The second-order valence-corrected chi connectivity index (χ2v) is 8.70. The Morgan fingerprint density at radius 1 is 1.03 bits per heavy atom. The van der Waals surface area contributed by atoms with E-state index in [1.807, 2.05) is 30.3 Å². The van der Waals surface area contributed by atoms with Gasteiger partial charge in [-0.1, -0.05) is 42.5 Å². The molecule has 1 amide bonds. The van der Waals surface area contributed by atoms with Gasteiger partial charge in [0.1, 0.15) is 12.4 Å². The molecule has 1 saturated heterocycles. The van der Waals surface area contributed by atoms with Gasteiger partial charge in [0, 0.05) is 25.0 Å². The molecule has 5 atom stereocenters. The summed E-state index contributed by atoms with van der Waals surface area (Å²) in [5.41, 5.74) is 8.63. The first-order chi connectivity index (χ1) is 13.7. The van der Waals surface area contributed by atoms with E-state index in [0.29, 0.717) is 36.3 Å². The molecule has 2 aromatic rings. The van der Waals surface area contributed by atoms with Crippen molar-refractivity contribution in [3.8, 4) is 5.75 Å². The van der Waals surface area contributed by atoms with E-state index < -0.39 is 0 Å². The summed E-state index contributed by atoms with van der Waals surface area (Å²) in [6, 6.07) is 18.8. The number of ether oxygens (including phenoxy) is 1. The largest absolute Gasteiger partial charge is 0.489 e. The first-order valence-electron chi connectivity index (χ1n) is 10.5. The van der Waals surface area contributed by atoms with Crippen LogP contribution in [0, 0.1) is 17.8 Å². The SMILES string of the molecule is Cl.NC1CCC2CN(C(=O)C3CC3c3ccc(OCc4ccccc4)cc3)CC12. The maximum Gasteiger partial charge on any atom is 0.226 e. The predicted octanol–water partition coefficient (Wildman–Crippen LogP) is 3.99. The minimum absolute atomic E-state index is 0. The molecule has 5 unspecified atom stereocenters. The second kappa shape index (κ2) is 8.37. The van der Waals surface area contributed by atoms with Gasteiger partial charge >= 0.3 is 0 Å². The fraction of sp³-hybridized carbons (Fsp3) is 0.458. The minimum atomic E-state index is 0. The number of halogens is 1. The summed E-state index contributed by atoms with van der Waals surface area (Å²) in [4.78, 5) is 15.0. The van der Waals surface area contributed by atoms with Crippen LogP contribution in [0.25, 0.3) is 0 Å². The lowest BCUT2D eigenvalue weighted by atomic mass is 9.98. The molecule has 0 radical (unpaired) electrons. The highest BCUT2D eigenvalue weighted by Crippen LogP contribution is 2.50. The molecule has 154 valence electrons. The highest BCUT2D eigenvalue weighted by atomic mass is 35.5. The Morgan fingerprint density at radius 3 is 2.52 bits per heavy atom. The summed E-state index contributed by atoms with van der Waals surface area (Å²) in [5.74, 6) is 2.91. The van der Waals surface area contributed by atoms with Crippen LogP contribution in [0.2, 0.25) is 0 Å². The monoisotopic (exact) mass is 412 g/mol. The summed E-state index contributed by atoms with van der Waals surface area (Å²) >= 11 is 0. The molecule has 5 heteroatoms. The van der Waals surface area contributed by atoms with E-state index in [4.69, 9.17) is 10.5 Å². The number of nitrogens with zero attached hydrogens (tertiary/aromatic N) is 1. The summed E-state index contributed by atoms with van der Waals surface area (Å²) in [5, 5.41) is 0. The van der Waals surface area contributed by atoms with Crippen LogP contribution in [0.15, 0.2) is 54.6 Å². The van der Waals surface area contributed by atoms with Crippen molar-refractivity contribution >= 4 is 18.3 Å². The lowest BCUT2D eigenvalue weighted by molar-refractivity contribution is -0.131. The Hall–Kier alpha value is -2.04. The first kappa shape index (κ1) is 20.2. The van der Waals surface area contributed by atoms with Gasteiger partial charge in [0.05, 0.1) is 0 Å². The van der Waals surface area contributed by atoms with Crippen molar-refractivity contribution in [1.82, 2.24) is 4.90 Å². The van der Waals surface area contributed by atoms with E-state index >= 15 is 0 Å². The van der Waals surface area contributed by atoms with Crippen molar-refractivity contribution in [2.45, 2.75) is 37.8 Å². The van der Waals surface area contributed by atoms with Gasteiger partial charge in [-0.3, -0.25) is 4.79 Å². The number of likely N-dealkylation sites (tertiary alicyclic amines) is 1. The van der Waals surface area contributed by atoms with Crippen molar-refractivity contribution in [3.05, 3.63) is 65.7 Å². The Bertz CT molecular complexity index is 842. The number of nitrogens with two attached hydrogens (primary N) is 1. The van der Waals surface area contributed by atoms with Crippen LogP contribution < -0.4 is 10.5 Å². The molecule has 4 nitrogen and oxygen atoms in total. The number of amides is 1. The van der Waals surface area contributed by atoms with Crippen molar-refractivity contribution in [2.75, 3.05) is 13.1 Å². The molecule has 5 rings (SSSR count). The van der Waals surface area contributed by atoms with Crippen LogP contribution in [-0.4, -0.2) is 29.9 Å². The Kier molecular flexibility index (Phi) is 5.84. The molecule has 3 aliphatic rings. The fourth-order valence-electron chi connectivity index (χ4n) is 5.11. The summed E-state index contributed by atoms with van der Waals surface area (Å²) in [6.45, 7) is 2.37. The van der Waals surface area contributed by atoms with Gasteiger partial charge in [-0.15, -0.1) is 12.4 Å². The molecular weight excluding hydrogens is 384 g/mol. The summed E-state index contributed by atoms with van der Waals surface area (Å²) in [7, 11) is 0. The van der Waals surface area contributed by atoms with Gasteiger partial charge in [-0.05, 0) is 60.3 Å². The lowest BCUT2D eigenvalue weighted by Crippen LogP contribution is -2.34. The van der Waals surface area contributed by atoms with E-state index in [0.717, 1.165) is 37.2 Å². The summed E-state index contributed by atoms with van der Waals surface area (Å²) < 4.78 is 5.87. The van der Waals surface area contributed by atoms with Crippen LogP contribution in [0.3, 0.4) is 0 Å². The second-order valence-electron chi connectivity index (χ2n) is 8.70. The highest BCUT2D eigenvalue weighted by molar-refractivity contribution is 5.85. The van der Waals surface area contributed by atoms with Gasteiger partial charge in [0.25, 0.3) is 0 Å². The molecule has 29 heavy (non-hydrogen) atoms. The van der Waals surface area contributed by atoms with E-state index in [1.54, 1.807) is 0 Å². The number of carbonyl (C=O) groups excluding carboxylic acids is 1. The van der Waals surface area contributed by atoms with E-state index in [9.17, 15) is 4.79 Å². The molecule has 2 aliphatic carbocycles. The summed E-state index contributed by atoms with van der Waals surface area (Å²) in [6.07, 6.45) is 3.29. The molecule has 1 aliphatic heterocycles. The number of fused-ring (bicyclic) bond motifs is 1. The predicted molar refractivity (Wildman–Crippen MR) is 116 cm³/mol. The number of hydrogen-bond acceptors (Lipinski definition) is 3. The molecule has 2 aromatic carbocycles. The van der Waals surface area contributed by atoms with Crippen molar-refractivity contribution in [2.24, 2.45) is 23.5 Å². The maximum atomic E-state index is 12.9. The molecule has 0 aromatic heterocycles. The standard InChI is InChI=1S/C24H28N2O2.ClH/c25-23-11-8-18-13-26(14-22(18)23)24(27)21-12-20(21)17-6-9-19(10-7-17)28-15-16-4-2-1-3-5-16;/h1-7,9-10,18,20-23H,8,11-15,25H2;1H. The Balaban J connectivity index is 0.00000205. The maximum absolute atomic E-state index is 12.9. The first-order valence-corrected chi connectivity index (χ1v) is 10.5. The minimum Gasteiger partial charge on any atom is -0.489 e. The number of carbonyl (C=O) groups is 1. The fourth-order valence-corrected chi connectivity index (χ4v) is 5.11. The van der Waals surface area contributed by atoms with Crippen molar-refractivity contribution < 1.29 is 9.53 Å². The molecule has 3 fully saturated rings. The zero-order valence-corrected chi connectivity index (χ0v) is 17.4. The van der Waals surface area contributed by atoms with E-state index in [-0.39, 0.29) is 18.3 Å². The van der Waals surface area contributed by atoms with Gasteiger partial charge in [-0.2, -0.15) is 0 Å². The smallest absolute Gasteiger partial charge is 0.226 e. The normalized spacial score (nSPS) is 29.8. The quantitative estimate of drug-likeness (QED) is 0.807. The zero-order valence-electron chi connectivity index (χ0n) is 16.6. The van der Waals surface area contributed by atoms with Crippen LogP contribution in [0.5, 0.6) is 5.75 Å². The third kappa shape index (κ3) is 4.15. The molecule has 2 N–H and O–H groups in total. The van der Waals surface area contributed by atoms with Crippen LogP contribution in [0.4, 0.5) is 0 Å². The number of rotatable bonds is 5. The average Bonchev–Trinajstić information content (AvgIpc) is 3.30. The van der Waals surface area contributed by atoms with E-state index in [1.165, 1.54) is 12.0 Å². The van der Waals surface area contributed by atoms with Gasteiger partial charge < -0.3 is 15.4 Å². The highest BCUT2D eigenvalue weighted by Gasteiger charge is 2.49. The van der Waals surface area contributed by atoms with Gasteiger partial charge in [0.2, 0.25) is 5.91 Å². The molecular formula is C24H29ClN2O2. The number of benzene rings is 2. The van der Waals surface area contributed by atoms with Gasteiger partial charge in [-0.25, -0.2) is 0 Å². The Labute approximate surface area is 178 Å². The van der Waals surface area contributed by atoms with Crippen molar-refractivity contribution in [1.29, 1.82) is 0 Å². The molecule has 0 spiro atoms. The van der Waals surface area contributed by atoms with Crippen LogP contribution >= 0.6 is 12.4 Å². The van der Waals surface area contributed by atoms with Gasteiger partial charge in [0.15, 0.2) is 0 Å². The zero-order chi connectivity index (χ0) is 19.1. The third-order valence-corrected chi connectivity index (χ3v) is 6.89. The molecule has 1 heterocycles. The topological polar surface area (TPSA) is 55.6 Å². The van der Waals surface area contributed by atoms with Crippen LogP contribution in [-0.2, 0) is 11.4 Å². The Morgan fingerprint density at radius 2 is 1.79 bits per heavy atom. The molecule has 2 saturated carbocycles. The van der Waals surface area contributed by atoms with E-state index in [2.05, 4.69) is 29.2 Å². The lowest BCUT2D eigenvalue weighted by Gasteiger charge is -2.19. The molecule has 0 bridgehead atoms. The van der Waals surface area contributed by atoms with Crippen LogP contribution in [0.1, 0.15) is 36.3 Å². The average molecular weight is 413 g/mol.